The van der Waals surface area contributed by atoms with Crippen LogP contribution in [0.1, 0.15) is 75.8 Å². The molecule has 2 fully saturated rings. The number of nitrogens with one attached hydrogen (secondary N) is 1. The minimum atomic E-state index is 0.136. The molecule has 0 bridgehead atoms. The zero-order chi connectivity index (χ0) is 19.2. The van der Waals surface area contributed by atoms with Crippen molar-refractivity contribution in [1.82, 2.24) is 25.2 Å². The van der Waals surface area contributed by atoms with Crippen LogP contribution >= 0.6 is 11.3 Å². The summed E-state index contributed by atoms with van der Waals surface area (Å²) in [6.07, 6.45) is 5.08. The first-order valence-corrected chi connectivity index (χ1v) is 11.1. The van der Waals surface area contributed by atoms with Crippen molar-refractivity contribution >= 4 is 21.7 Å². The van der Waals surface area contributed by atoms with Gasteiger partial charge in [-0.2, -0.15) is 0 Å². The fraction of sp³-hybridized carbons (Fsp3) is 0.762. The number of hydrogen-bond acceptors (Lipinski definition) is 6. The number of aryl methyl sites for hydroxylation is 1. The van der Waals surface area contributed by atoms with Crippen molar-refractivity contribution < 1.29 is 0 Å². The lowest BCUT2D eigenvalue weighted by Gasteiger charge is -2.42. The van der Waals surface area contributed by atoms with Crippen molar-refractivity contribution in [2.45, 2.75) is 78.3 Å². The molecule has 0 radical (unpaired) electrons. The van der Waals surface area contributed by atoms with E-state index in [1.807, 2.05) is 6.92 Å². The maximum atomic E-state index is 5.09. The van der Waals surface area contributed by atoms with E-state index in [1.54, 1.807) is 11.3 Å². The maximum absolute atomic E-state index is 5.09. The molecule has 0 amide bonds. The standard InChI is InChI=1S/C21H33N5S/c1-14-23-16(12-26-11-10-22-13-21(26,4)5)17-19(24-14)27-18(25-17)15-6-8-20(2,3)9-7-15/h15,22H,6-13H2,1-5H3. The second-order valence-electron chi connectivity index (χ2n) is 9.77. The Labute approximate surface area is 167 Å². The van der Waals surface area contributed by atoms with Gasteiger partial charge in [-0.25, -0.2) is 15.0 Å². The van der Waals surface area contributed by atoms with Crippen molar-refractivity contribution in [1.29, 1.82) is 0 Å². The average molecular weight is 388 g/mol. The monoisotopic (exact) mass is 387 g/mol. The average Bonchev–Trinajstić information content (AvgIpc) is 3.00. The highest BCUT2D eigenvalue weighted by molar-refractivity contribution is 7.18. The molecule has 1 aliphatic heterocycles. The van der Waals surface area contributed by atoms with Crippen LogP contribution < -0.4 is 5.32 Å². The Balaban J connectivity index is 1.62. The summed E-state index contributed by atoms with van der Waals surface area (Å²) in [4.78, 5) is 18.2. The third-order valence-corrected chi connectivity index (χ3v) is 7.57. The number of hydrogen-bond donors (Lipinski definition) is 1. The van der Waals surface area contributed by atoms with Crippen LogP contribution in [0.15, 0.2) is 0 Å². The van der Waals surface area contributed by atoms with Gasteiger partial charge in [0.15, 0.2) is 0 Å². The van der Waals surface area contributed by atoms with E-state index in [0.29, 0.717) is 11.3 Å². The van der Waals surface area contributed by atoms with Crippen LogP contribution in [0.3, 0.4) is 0 Å². The lowest BCUT2D eigenvalue weighted by Crippen LogP contribution is -2.57. The van der Waals surface area contributed by atoms with Crippen molar-refractivity contribution in [3.8, 4) is 0 Å². The molecule has 148 valence electrons. The molecule has 2 aliphatic rings. The number of fused-ring (bicyclic) bond motifs is 1. The zero-order valence-electron chi connectivity index (χ0n) is 17.4. The normalized spacial score (nSPS) is 23.7. The molecule has 2 aromatic heterocycles. The third-order valence-electron chi connectivity index (χ3n) is 6.46. The molecule has 1 saturated heterocycles. The van der Waals surface area contributed by atoms with Gasteiger partial charge in [0, 0.05) is 37.6 Å². The van der Waals surface area contributed by atoms with Gasteiger partial charge in [-0.15, -0.1) is 0 Å². The molecule has 27 heavy (non-hydrogen) atoms. The first-order chi connectivity index (χ1) is 12.7. The van der Waals surface area contributed by atoms with Crippen LogP contribution in [-0.2, 0) is 6.54 Å². The predicted octanol–water partition coefficient (Wildman–Crippen LogP) is 4.26. The Bertz CT molecular complexity index is 815. The van der Waals surface area contributed by atoms with E-state index < -0.39 is 0 Å². The van der Waals surface area contributed by atoms with Gasteiger partial charge in [0.1, 0.15) is 16.2 Å². The van der Waals surface area contributed by atoms with Gasteiger partial charge in [-0.3, -0.25) is 4.90 Å². The fourth-order valence-corrected chi connectivity index (χ4v) is 5.62. The highest BCUT2D eigenvalue weighted by Gasteiger charge is 2.32. The Hall–Kier alpha value is -1.11. The summed E-state index contributed by atoms with van der Waals surface area (Å²) >= 11 is 1.80. The molecule has 0 atom stereocenters. The number of piperazine rings is 1. The van der Waals surface area contributed by atoms with Crippen molar-refractivity contribution in [2.24, 2.45) is 5.41 Å². The first kappa shape index (κ1) is 19.2. The highest BCUT2D eigenvalue weighted by Crippen LogP contribution is 2.44. The molecular weight excluding hydrogens is 354 g/mol. The van der Waals surface area contributed by atoms with Gasteiger partial charge < -0.3 is 5.32 Å². The summed E-state index contributed by atoms with van der Waals surface area (Å²) in [6, 6.07) is 0. The Kier molecular flexibility index (Phi) is 5.02. The van der Waals surface area contributed by atoms with E-state index in [0.717, 1.165) is 48.0 Å². The van der Waals surface area contributed by atoms with Crippen LogP contribution in [0, 0.1) is 12.3 Å². The molecule has 0 spiro atoms. The Morgan fingerprint density at radius 1 is 1.11 bits per heavy atom. The summed E-state index contributed by atoms with van der Waals surface area (Å²) in [5.74, 6) is 1.46. The van der Waals surface area contributed by atoms with Crippen LogP contribution in [0.25, 0.3) is 10.3 Å². The van der Waals surface area contributed by atoms with E-state index in [1.165, 1.54) is 30.7 Å². The van der Waals surface area contributed by atoms with Gasteiger partial charge in [0.05, 0.1) is 10.7 Å². The van der Waals surface area contributed by atoms with Crippen LogP contribution in [-0.4, -0.2) is 45.0 Å². The molecule has 6 heteroatoms. The molecule has 1 N–H and O–H groups in total. The molecule has 4 rings (SSSR count). The predicted molar refractivity (Wildman–Crippen MR) is 112 cm³/mol. The molecule has 1 saturated carbocycles. The quantitative estimate of drug-likeness (QED) is 0.853. The number of thiazole rings is 1. The summed E-state index contributed by atoms with van der Waals surface area (Å²) in [5.41, 5.74) is 2.77. The smallest absolute Gasteiger partial charge is 0.147 e. The second-order valence-corrected chi connectivity index (χ2v) is 10.8. The third kappa shape index (κ3) is 4.03. The second kappa shape index (κ2) is 7.05. The number of rotatable bonds is 3. The largest absolute Gasteiger partial charge is 0.314 e. The van der Waals surface area contributed by atoms with Crippen molar-refractivity contribution in [2.75, 3.05) is 19.6 Å². The van der Waals surface area contributed by atoms with Gasteiger partial charge in [0.25, 0.3) is 0 Å². The summed E-state index contributed by atoms with van der Waals surface area (Å²) in [5, 5.41) is 4.78. The minimum Gasteiger partial charge on any atom is -0.314 e. The van der Waals surface area contributed by atoms with E-state index in [-0.39, 0.29) is 5.54 Å². The van der Waals surface area contributed by atoms with Crippen LogP contribution in [0.4, 0.5) is 0 Å². The Morgan fingerprint density at radius 2 is 1.85 bits per heavy atom. The van der Waals surface area contributed by atoms with E-state index in [9.17, 15) is 0 Å². The molecule has 0 aromatic carbocycles. The first-order valence-electron chi connectivity index (χ1n) is 10.3. The SMILES string of the molecule is Cc1nc(CN2CCNCC2(C)C)c2nc(C3CCC(C)(C)CC3)sc2n1. The zero-order valence-corrected chi connectivity index (χ0v) is 18.2. The topological polar surface area (TPSA) is 53.9 Å². The molecule has 3 heterocycles. The van der Waals surface area contributed by atoms with Gasteiger partial charge >= 0.3 is 0 Å². The van der Waals surface area contributed by atoms with E-state index >= 15 is 0 Å². The molecular formula is C21H33N5S. The van der Waals surface area contributed by atoms with Crippen LogP contribution in [0.5, 0.6) is 0 Å². The number of aromatic nitrogens is 3. The van der Waals surface area contributed by atoms with Crippen molar-refractivity contribution in [3.05, 3.63) is 16.5 Å². The maximum Gasteiger partial charge on any atom is 0.147 e. The molecule has 5 nitrogen and oxygen atoms in total. The van der Waals surface area contributed by atoms with E-state index in [2.05, 4.69) is 37.9 Å². The summed E-state index contributed by atoms with van der Waals surface area (Å²) in [7, 11) is 0. The molecule has 2 aromatic rings. The molecule has 1 aliphatic carbocycles. The molecule has 0 unspecified atom stereocenters. The summed E-state index contributed by atoms with van der Waals surface area (Å²) in [6.45, 7) is 15.4. The Morgan fingerprint density at radius 3 is 2.56 bits per heavy atom. The lowest BCUT2D eigenvalue weighted by molar-refractivity contribution is 0.0818. The van der Waals surface area contributed by atoms with Gasteiger partial charge in [0.2, 0.25) is 0 Å². The van der Waals surface area contributed by atoms with Crippen molar-refractivity contribution in [3.63, 3.8) is 0 Å². The highest BCUT2D eigenvalue weighted by atomic mass is 32.1. The van der Waals surface area contributed by atoms with E-state index in [4.69, 9.17) is 15.0 Å². The number of nitrogens with zero attached hydrogens (tertiary/aromatic N) is 4. The lowest BCUT2D eigenvalue weighted by atomic mass is 9.73. The van der Waals surface area contributed by atoms with Gasteiger partial charge in [-0.05, 0) is 51.9 Å². The minimum absolute atomic E-state index is 0.136. The summed E-state index contributed by atoms with van der Waals surface area (Å²) < 4.78 is 0. The fourth-order valence-electron chi connectivity index (χ4n) is 4.44. The van der Waals surface area contributed by atoms with Gasteiger partial charge in [-0.1, -0.05) is 25.2 Å². The van der Waals surface area contributed by atoms with Crippen LogP contribution in [0.2, 0.25) is 0 Å².